The van der Waals surface area contributed by atoms with Crippen molar-refractivity contribution >= 4 is 17.2 Å². The van der Waals surface area contributed by atoms with Gasteiger partial charge in [0.25, 0.3) is 5.91 Å². The maximum absolute atomic E-state index is 12.3. The molecule has 1 atom stereocenters. The van der Waals surface area contributed by atoms with E-state index in [1.807, 2.05) is 6.92 Å². The van der Waals surface area contributed by atoms with E-state index in [-0.39, 0.29) is 5.91 Å². The molecule has 0 radical (unpaired) electrons. The van der Waals surface area contributed by atoms with E-state index in [1.54, 1.807) is 11.3 Å². The van der Waals surface area contributed by atoms with Crippen LogP contribution in [0.5, 0.6) is 0 Å². The first-order chi connectivity index (χ1) is 11.0. The molecule has 5 heteroatoms. The summed E-state index contributed by atoms with van der Waals surface area (Å²) in [4.78, 5) is 20.2. The molecule has 4 nitrogen and oxygen atoms in total. The summed E-state index contributed by atoms with van der Waals surface area (Å²) >= 11 is 1.55. The highest BCUT2D eigenvalue weighted by molar-refractivity contribution is 7.13. The molecule has 130 valence electrons. The minimum atomic E-state index is 0.0435. The number of amides is 1. The van der Waals surface area contributed by atoms with E-state index in [2.05, 4.69) is 36.0 Å². The molecule has 1 aromatic rings. The zero-order valence-electron chi connectivity index (χ0n) is 15.0. The van der Waals surface area contributed by atoms with Gasteiger partial charge in [-0.05, 0) is 51.1 Å². The standard InChI is InChI=1S/C18H31N3OS/c1-13(2)11-16-20-15(4)17(23-16)18(22)19-8-6-10-21-9-5-7-14(3)12-21/h13-14H,5-12H2,1-4H3,(H,19,22). The number of carbonyl (C=O) groups is 1. The zero-order valence-corrected chi connectivity index (χ0v) is 15.8. The van der Waals surface area contributed by atoms with E-state index in [0.717, 1.165) is 47.4 Å². The van der Waals surface area contributed by atoms with Gasteiger partial charge in [0.2, 0.25) is 0 Å². The number of rotatable bonds is 7. The van der Waals surface area contributed by atoms with E-state index in [9.17, 15) is 4.79 Å². The molecule has 1 saturated heterocycles. The fraction of sp³-hybridized carbons (Fsp3) is 0.778. The molecule has 2 rings (SSSR count). The monoisotopic (exact) mass is 337 g/mol. The summed E-state index contributed by atoms with van der Waals surface area (Å²) < 4.78 is 0. The van der Waals surface area contributed by atoms with Gasteiger partial charge in [-0.1, -0.05) is 20.8 Å². The number of piperidine rings is 1. The Morgan fingerprint density at radius 3 is 2.96 bits per heavy atom. The average Bonchev–Trinajstić information content (AvgIpc) is 2.83. The Balaban J connectivity index is 1.73. The maximum atomic E-state index is 12.3. The lowest BCUT2D eigenvalue weighted by molar-refractivity contribution is 0.0953. The van der Waals surface area contributed by atoms with Crippen molar-refractivity contribution in [1.29, 1.82) is 0 Å². The van der Waals surface area contributed by atoms with Crippen LogP contribution >= 0.6 is 11.3 Å². The first-order valence-electron chi connectivity index (χ1n) is 8.92. The van der Waals surface area contributed by atoms with Crippen LogP contribution < -0.4 is 5.32 Å². The highest BCUT2D eigenvalue weighted by Crippen LogP contribution is 2.20. The van der Waals surface area contributed by atoms with Gasteiger partial charge in [0, 0.05) is 19.5 Å². The molecule has 0 spiro atoms. The lowest BCUT2D eigenvalue weighted by Gasteiger charge is -2.30. The molecule has 1 unspecified atom stereocenters. The first-order valence-corrected chi connectivity index (χ1v) is 9.74. The smallest absolute Gasteiger partial charge is 0.263 e. The second-order valence-corrected chi connectivity index (χ2v) is 8.36. The first kappa shape index (κ1) is 18.4. The van der Waals surface area contributed by atoms with E-state index >= 15 is 0 Å². The molecule has 1 amide bonds. The van der Waals surface area contributed by atoms with Gasteiger partial charge >= 0.3 is 0 Å². The molecule has 1 aliphatic rings. The number of likely N-dealkylation sites (tertiary alicyclic amines) is 1. The molecule has 0 bridgehead atoms. The van der Waals surface area contributed by atoms with Crippen molar-refractivity contribution in [1.82, 2.24) is 15.2 Å². The third-order valence-electron chi connectivity index (χ3n) is 4.31. The van der Waals surface area contributed by atoms with Crippen LogP contribution in [0.1, 0.15) is 60.4 Å². The largest absolute Gasteiger partial charge is 0.351 e. The number of thiazole rings is 1. The highest BCUT2D eigenvalue weighted by atomic mass is 32.1. The van der Waals surface area contributed by atoms with Gasteiger partial charge in [-0.25, -0.2) is 4.98 Å². The molecule has 1 N–H and O–H groups in total. The average molecular weight is 338 g/mol. The SMILES string of the molecule is Cc1nc(CC(C)C)sc1C(=O)NCCCN1CCCC(C)C1. The van der Waals surface area contributed by atoms with Crippen molar-refractivity contribution in [2.75, 3.05) is 26.2 Å². The van der Waals surface area contributed by atoms with Crippen LogP contribution in [-0.4, -0.2) is 42.0 Å². The Morgan fingerprint density at radius 1 is 1.48 bits per heavy atom. The van der Waals surface area contributed by atoms with Crippen molar-refractivity contribution < 1.29 is 4.79 Å². The topological polar surface area (TPSA) is 45.2 Å². The van der Waals surface area contributed by atoms with Crippen molar-refractivity contribution in [3.05, 3.63) is 15.6 Å². The molecule has 1 aromatic heterocycles. The van der Waals surface area contributed by atoms with Crippen LogP contribution in [0.15, 0.2) is 0 Å². The van der Waals surface area contributed by atoms with Gasteiger partial charge in [-0.2, -0.15) is 0 Å². The molecular weight excluding hydrogens is 306 g/mol. The van der Waals surface area contributed by atoms with E-state index in [0.29, 0.717) is 5.92 Å². The van der Waals surface area contributed by atoms with E-state index in [1.165, 1.54) is 25.9 Å². The van der Waals surface area contributed by atoms with E-state index in [4.69, 9.17) is 0 Å². The number of hydrogen-bond acceptors (Lipinski definition) is 4. The molecule has 1 fully saturated rings. The molecule has 1 aliphatic heterocycles. The molecular formula is C18H31N3OS. The van der Waals surface area contributed by atoms with Crippen LogP contribution in [0.4, 0.5) is 0 Å². The van der Waals surface area contributed by atoms with Gasteiger partial charge in [-0.3, -0.25) is 4.79 Å². The number of nitrogens with zero attached hydrogens (tertiary/aromatic N) is 2. The van der Waals surface area contributed by atoms with Gasteiger partial charge in [0.05, 0.1) is 10.7 Å². The Labute approximate surface area is 144 Å². The fourth-order valence-corrected chi connectivity index (χ4v) is 4.37. The van der Waals surface area contributed by atoms with Crippen LogP contribution in [0.2, 0.25) is 0 Å². The minimum Gasteiger partial charge on any atom is -0.351 e. The van der Waals surface area contributed by atoms with E-state index < -0.39 is 0 Å². The Bertz CT molecular complexity index is 512. The Hall–Kier alpha value is -0.940. The normalized spacial score (nSPS) is 19.3. The van der Waals surface area contributed by atoms with Gasteiger partial charge in [0.15, 0.2) is 0 Å². The number of carbonyl (C=O) groups excluding carboxylic acids is 1. The number of aryl methyl sites for hydroxylation is 1. The molecule has 2 heterocycles. The summed E-state index contributed by atoms with van der Waals surface area (Å²) in [7, 11) is 0. The summed E-state index contributed by atoms with van der Waals surface area (Å²) in [5.41, 5.74) is 0.869. The minimum absolute atomic E-state index is 0.0435. The predicted octanol–water partition coefficient (Wildman–Crippen LogP) is 3.50. The quantitative estimate of drug-likeness (QED) is 0.775. The van der Waals surface area contributed by atoms with Crippen LogP contribution in [0.3, 0.4) is 0 Å². The molecule has 23 heavy (non-hydrogen) atoms. The lowest BCUT2D eigenvalue weighted by Crippen LogP contribution is -2.36. The molecule has 0 saturated carbocycles. The lowest BCUT2D eigenvalue weighted by atomic mass is 10.0. The molecule has 0 aliphatic carbocycles. The maximum Gasteiger partial charge on any atom is 0.263 e. The van der Waals surface area contributed by atoms with Gasteiger partial charge < -0.3 is 10.2 Å². The third-order valence-corrected chi connectivity index (χ3v) is 5.49. The third kappa shape index (κ3) is 5.88. The number of nitrogens with one attached hydrogen (secondary N) is 1. The summed E-state index contributed by atoms with van der Waals surface area (Å²) in [5, 5.41) is 4.14. The fourth-order valence-electron chi connectivity index (χ4n) is 3.17. The second-order valence-electron chi connectivity index (χ2n) is 7.28. The zero-order chi connectivity index (χ0) is 16.8. The summed E-state index contributed by atoms with van der Waals surface area (Å²) in [6.45, 7) is 12.9. The summed E-state index contributed by atoms with van der Waals surface area (Å²) in [6, 6.07) is 0. The second kappa shape index (κ2) is 8.78. The van der Waals surface area contributed by atoms with Crippen LogP contribution in [0.25, 0.3) is 0 Å². The highest BCUT2D eigenvalue weighted by Gasteiger charge is 2.17. The van der Waals surface area contributed by atoms with Crippen molar-refractivity contribution in [3.63, 3.8) is 0 Å². The Morgan fingerprint density at radius 2 is 2.26 bits per heavy atom. The van der Waals surface area contributed by atoms with Crippen molar-refractivity contribution in [2.45, 2.75) is 53.4 Å². The van der Waals surface area contributed by atoms with Gasteiger partial charge in [0.1, 0.15) is 4.88 Å². The van der Waals surface area contributed by atoms with Crippen molar-refractivity contribution in [2.24, 2.45) is 11.8 Å². The summed E-state index contributed by atoms with van der Waals surface area (Å²) in [6.07, 6.45) is 4.64. The van der Waals surface area contributed by atoms with Gasteiger partial charge in [-0.15, -0.1) is 11.3 Å². The van der Waals surface area contributed by atoms with Crippen LogP contribution in [0, 0.1) is 18.8 Å². The van der Waals surface area contributed by atoms with Crippen molar-refractivity contribution in [3.8, 4) is 0 Å². The number of hydrogen-bond donors (Lipinski definition) is 1. The number of aromatic nitrogens is 1. The summed E-state index contributed by atoms with van der Waals surface area (Å²) in [5.74, 6) is 1.43. The predicted molar refractivity (Wildman–Crippen MR) is 97.2 cm³/mol. The Kier molecular flexibility index (Phi) is 7.03. The van der Waals surface area contributed by atoms with Crippen LogP contribution in [-0.2, 0) is 6.42 Å². The molecule has 0 aromatic carbocycles.